The maximum atomic E-state index is 9.69. The van der Waals surface area contributed by atoms with Gasteiger partial charge in [-0.15, -0.1) is 0 Å². The number of nitrogens with zero attached hydrogens (tertiary/aromatic N) is 1. The minimum atomic E-state index is -1.23. The number of aliphatic imine (C=N–C) groups is 1. The van der Waals surface area contributed by atoms with Gasteiger partial charge in [-0.05, 0) is 0 Å². The van der Waals surface area contributed by atoms with Gasteiger partial charge in [-0.2, -0.15) is 0 Å². The molecular formula is C12H24N2O6. The zero-order valence-electron chi connectivity index (χ0n) is 11.7. The first-order valence-electron chi connectivity index (χ1n) is 6.63. The quantitative estimate of drug-likeness (QED) is 0.401. The molecule has 2 aliphatic heterocycles. The normalized spacial score (nSPS) is 36.5. The molecule has 2 rings (SSSR count). The molecule has 1 unspecified atom stereocenters. The van der Waals surface area contributed by atoms with Crippen LogP contribution in [0.5, 0.6) is 0 Å². The van der Waals surface area contributed by atoms with Gasteiger partial charge >= 0.3 is 0 Å². The Morgan fingerprint density at radius 1 is 1.30 bits per heavy atom. The third-order valence-corrected chi connectivity index (χ3v) is 2.91. The van der Waals surface area contributed by atoms with E-state index < -0.39 is 37.3 Å². The van der Waals surface area contributed by atoms with Crippen molar-refractivity contribution < 1.29 is 29.9 Å². The predicted molar refractivity (Wildman–Crippen MR) is 71.3 cm³/mol. The Morgan fingerprint density at radius 3 is 2.40 bits per heavy atom. The van der Waals surface area contributed by atoms with Crippen LogP contribution in [0.4, 0.5) is 0 Å². The minimum Gasteiger partial charge on any atom is -0.482 e. The van der Waals surface area contributed by atoms with E-state index in [2.05, 4.69) is 15.0 Å². The maximum absolute atomic E-state index is 9.69. The third kappa shape index (κ3) is 4.97. The highest BCUT2D eigenvalue weighted by atomic mass is 16.6. The second-order valence-electron chi connectivity index (χ2n) is 4.96. The van der Waals surface area contributed by atoms with Crippen molar-refractivity contribution in [3.8, 4) is 0 Å². The van der Waals surface area contributed by atoms with Gasteiger partial charge in [0, 0.05) is 6.04 Å². The van der Waals surface area contributed by atoms with E-state index in [9.17, 15) is 15.3 Å². The van der Waals surface area contributed by atoms with Crippen LogP contribution in [0.2, 0.25) is 0 Å². The van der Waals surface area contributed by atoms with E-state index in [0.717, 1.165) is 13.2 Å². The monoisotopic (exact) mass is 292 g/mol. The molecule has 2 heterocycles. The molecule has 118 valence electrons. The van der Waals surface area contributed by atoms with Crippen LogP contribution >= 0.6 is 0 Å². The van der Waals surface area contributed by atoms with Gasteiger partial charge in [0.25, 0.3) is 0 Å². The lowest BCUT2D eigenvalue weighted by atomic mass is 9.96. The average Bonchev–Trinajstić information content (AvgIpc) is 2.98. The molecule has 1 fully saturated rings. The summed E-state index contributed by atoms with van der Waals surface area (Å²) in [4.78, 5) is 3.74. The molecule has 0 aromatic heterocycles. The molecule has 0 radical (unpaired) electrons. The topological polar surface area (TPSA) is 124 Å². The van der Waals surface area contributed by atoms with Gasteiger partial charge < -0.3 is 35.2 Å². The fourth-order valence-corrected chi connectivity index (χ4v) is 1.93. The molecule has 0 aliphatic carbocycles. The average molecular weight is 292 g/mol. The first kappa shape index (κ1) is 17.3. The van der Waals surface area contributed by atoms with E-state index in [1.54, 1.807) is 0 Å². The van der Waals surface area contributed by atoms with Crippen LogP contribution in [-0.2, 0) is 9.47 Å². The van der Waals surface area contributed by atoms with E-state index in [1.165, 1.54) is 6.40 Å². The van der Waals surface area contributed by atoms with Crippen molar-refractivity contribution >= 4 is 6.40 Å². The number of nitrogens with one attached hydrogen (secondary N) is 1. The van der Waals surface area contributed by atoms with Crippen molar-refractivity contribution in [1.82, 2.24) is 5.32 Å². The molecule has 0 bridgehead atoms. The molecule has 2 aliphatic rings. The zero-order chi connectivity index (χ0) is 15.1. The Labute approximate surface area is 118 Å². The highest BCUT2D eigenvalue weighted by Gasteiger charge is 2.43. The molecule has 1 saturated heterocycles. The summed E-state index contributed by atoms with van der Waals surface area (Å²) < 4.78 is 9.62. The summed E-state index contributed by atoms with van der Waals surface area (Å²) in [6.07, 6.45) is -3.05. The smallest absolute Gasteiger partial charge is 0.173 e. The molecule has 0 amide bonds. The third-order valence-electron chi connectivity index (χ3n) is 2.91. The number of aliphatic hydroxyl groups is 4. The van der Waals surface area contributed by atoms with Crippen LogP contribution in [0.3, 0.4) is 0 Å². The first-order chi connectivity index (χ1) is 9.47. The van der Waals surface area contributed by atoms with E-state index in [-0.39, 0.29) is 6.04 Å². The van der Waals surface area contributed by atoms with E-state index >= 15 is 0 Å². The summed E-state index contributed by atoms with van der Waals surface area (Å²) in [7, 11) is 0. The number of hydrogen-bond acceptors (Lipinski definition) is 8. The standard InChI is InChI=1S/C9H19NO5.C3H5NO/c1-4(2)10-6-8(13)7(12)5(3-11)15-9(6)14;1-2-5-3-4-1/h4-14H,3H2,1-2H3;3H,1-2H2/t5-,6-,7-,8-,9?;/m1./s1. The van der Waals surface area contributed by atoms with E-state index in [4.69, 9.17) is 9.84 Å². The first-order valence-corrected chi connectivity index (χ1v) is 6.63. The van der Waals surface area contributed by atoms with Gasteiger partial charge in [-0.25, -0.2) is 0 Å². The van der Waals surface area contributed by atoms with Crippen LogP contribution in [0.1, 0.15) is 13.8 Å². The molecule has 0 aromatic carbocycles. The van der Waals surface area contributed by atoms with Crippen LogP contribution in [0, 0.1) is 0 Å². The number of ether oxygens (including phenoxy) is 2. The lowest BCUT2D eigenvalue weighted by Gasteiger charge is -2.41. The molecule has 0 spiro atoms. The zero-order valence-corrected chi connectivity index (χ0v) is 11.7. The Balaban J connectivity index is 0.000000333. The summed E-state index contributed by atoms with van der Waals surface area (Å²) in [5, 5.41) is 40.5. The highest BCUT2D eigenvalue weighted by Crippen LogP contribution is 2.19. The lowest BCUT2D eigenvalue weighted by Crippen LogP contribution is -2.64. The minimum absolute atomic E-state index is 0.0424. The summed E-state index contributed by atoms with van der Waals surface area (Å²) >= 11 is 0. The van der Waals surface area contributed by atoms with Crippen molar-refractivity contribution in [2.45, 2.75) is 50.5 Å². The van der Waals surface area contributed by atoms with E-state index in [1.807, 2.05) is 13.8 Å². The van der Waals surface area contributed by atoms with Crippen molar-refractivity contribution in [2.75, 3.05) is 19.8 Å². The molecular weight excluding hydrogens is 268 g/mol. The SMILES string of the molecule is C1=NCCO1.CC(C)N[C@H]1C(O)O[C@H](CO)[C@@H](O)[C@@H]1O. The summed E-state index contributed by atoms with van der Waals surface area (Å²) in [6.45, 7) is 4.89. The lowest BCUT2D eigenvalue weighted by molar-refractivity contribution is -0.255. The largest absolute Gasteiger partial charge is 0.482 e. The number of rotatable bonds is 3. The molecule has 8 nitrogen and oxygen atoms in total. The Kier molecular flexibility index (Phi) is 7.35. The van der Waals surface area contributed by atoms with Gasteiger partial charge in [0.15, 0.2) is 12.7 Å². The summed E-state index contributed by atoms with van der Waals surface area (Å²) in [5.74, 6) is 0. The van der Waals surface area contributed by atoms with E-state index in [0.29, 0.717) is 0 Å². The van der Waals surface area contributed by atoms with Crippen LogP contribution in [0.25, 0.3) is 0 Å². The molecule has 0 saturated carbocycles. The second-order valence-corrected chi connectivity index (χ2v) is 4.96. The van der Waals surface area contributed by atoms with Gasteiger partial charge in [-0.3, -0.25) is 4.99 Å². The fraction of sp³-hybridized carbons (Fsp3) is 0.917. The van der Waals surface area contributed by atoms with Gasteiger partial charge in [-0.1, -0.05) is 13.8 Å². The van der Waals surface area contributed by atoms with Crippen LogP contribution in [-0.4, -0.2) is 83.3 Å². The predicted octanol–water partition coefficient (Wildman–Crippen LogP) is -2.17. The maximum Gasteiger partial charge on any atom is 0.173 e. The van der Waals surface area contributed by atoms with Gasteiger partial charge in [0.1, 0.15) is 24.9 Å². The Bertz CT molecular complexity index is 296. The number of aliphatic hydroxyl groups excluding tert-OH is 4. The van der Waals surface area contributed by atoms with Crippen LogP contribution < -0.4 is 5.32 Å². The molecule has 20 heavy (non-hydrogen) atoms. The van der Waals surface area contributed by atoms with Crippen molar-refractivity contribution in [2.24, 2.45) is 4.99 Å². The summed E-state index contributed by atoms with van der Waals surface area (Å²) in [5.41, 5.74) is 0. The second kappa shape index (κ2) is 8.50. The molecule has 5 atom stereocenters. The van der Waals surface area contributed by atoms with Crippen LogP contribution in [0.15, 0.2) is 4.99 Å². The van der Waals surface area contributed by atoms with Gasteiger partial charge in [0.2, 0.25) is 0 Å². The summed E-state index contributed by atoms with van der Waals surface area (Å²) in [6, 6.07) is -0.705. The molecule has 5 N–H and O–H groups in total. The number of hydrogen-bond donors (Lipinski definition) is 5. The fourth-order valence-electron chi connectivity index (χ4n) is 1.93. The van der Waals surface area contributed by atoms with Crippen molar-refractivity contribution in [3.63, 3.8) is 0 Å². The molecule has 8 heteroatoms. The van der Waals surface area contributed by atoms with Crippen molar-refractivity contribution in [3.05, 3.63) is 0 Å². The highest BCUT2D eigenvalue weighted by molar-refractivity contribution is 5.47. The Hall–Kier alpha value is -0.770. The Morgan fingerprint density at radius 2 is 2.00 bits per heavy atom. The van der Waals surface area contributed by atoms with Crippen molar-refractivity contribution in [1.29, 1.82) is 0 Å². The molecule has 0 aromatic rings. The van der Waals surface area contributed by atoms with Gasteiger partial charge in [0.05, 0.1) is 19.2 Å².